The maximum absolute atomic E-state index is 13.2. The lowest BCUT2D eigenvalue weighted by molar-refractivity contribution is -0.137. The van der Waals surface area contributed by atoms with Gasteiger partial charge >= 0.3 is 0 Å². The lowest BCUT2D eigenvalue weighted by atomic mass is 10.1. The average Bonchev–Trinajstić information content (AvgIpc) is 3.29. The van der Waals surface area contributed by atoms with Gasteiger partial charge in [-0.15, -0.1) is 0 Å². The molecule has 0 spiro atoms. The number of benzene rings is 1. The third-order valence-corrected chi connectivity index (χ3v) is 5.90. The van der Waals surface area contributed by atoms with Crippen LogP contribution in [0, 0.1) is 5.92 Å². The van der Waals surface area contributed by atoms with Crippen LogP contribution in [-0.4, -0.2) is 44.8 Å². The molecular weight excluding hydrogens is 462 g/mol. The van der Waals surface area contributed by atoms with Crippen LogP contribution >= 0.6 is 15.9 Å². The van der Waals surface area contributed by atoms with E-state index >= 15 is 0 Å². The molecule has 160 valence electrons. The molecule has 31 heavy (non-hydrogen) atoms. The summed E-state index contributed by atoms with van der Waals surface area (Å²) < 4.78 is 2.33. The first-order valence-electron chi connectivity index (χ1n) is 9.94. The van der Waals surface area contributed by atoms with Crippen LogP contribution in [0.1, 0.15) is 23.7 Å². The third kappa shape index (κ3) is 4.32. The fourth-order valence-electron chi connectivity index (χ4n) is 4.07. The molecule has 3 N–H and O–H groups in total. The Morgan fingerprint density at radius 1 is 1.19 bits per heavy atom. The van der Waals surface area contributed by atoms with Crippen molar-refractivity contribution in [3.63, 3.8) is 0 Å². The lowest BCUT2D eigenvalue weighted by Gasteiger charge is -2.24. The van der Waals surface area contributed by atoms with Gasteiger partial charge in [-0.1, -0.05) is 31.2 Å². The maximum Gasteiger partial charge on any atom is 0.250 e. The van der Waals surface area contributed by atoms with Gasteiger partial charge in [-0.3, -0.25) is 14.4 Å². The van der Waals surface area contributed by atoms with E-state index in [9.17, 15) is 14.4 Å². The highest BCUT2D eigenvalue weighted by Gasteiger charge is 2.38. The number of carbonyl (C=O) groups is 3. The van der Waals surface area contributed by atoms with Crippen LogP contribution in [0.5, 0.6) is 0 Å². The molecule has 4 rings (SSSR count). The number of likely N-dealkylation sites (tertiary alicyclic amines) is 1. The molecule has 1 fully saturated rings. The molecule has 1 aliphatic rings. The second kappa shape index (κ2) is 8.50. The number of hydrogen-bond donors (Lipinski definition) is 2. The Bertz CT molecular complexity index is 1170. The molecular formula is C22H22BrN5O3. The predicted octanol–water partition coefficient (Wildman–Crippen LogP) is 2.77. The summed E-state index contributed by atoms with van der Waals surface area (Å²) in [5.41, 5.74) is 6.62. The monoisotopic (exact) mass is 483 g/mol. The number of nitrogens with zero attached hydrogens (tertiary/aromatic N) is 3. The number of amides is 3. The number of anilines is 1. The number of nitrogens with one attached hydrogen (secondary N) is 1. The maximum atomic E-state index is 13.2. The van der Waals surface area contributed by atoms with Crippen LogP contribution in [-0.2, 0) is 16.1 Å². The Morgan fingerprint density at radius 3 is 2.71 bits per heavy atom. The third-order valence-electron chi connectivity index (χ3n) is 5.46. The highest BCUT2D eigenvalue weighted by atomic mass is 79.9. The van der Waals surface area contributed by atoms with Crippen molar-refractivity contribution in [3.05, 3.63) is 58.8 Å². The molecule has 0 aliphatic carbocycles. The summed E-state index contributed by atoms with van der Waals surface area (Å²) in [5.74, 6) is -0.385. The van der Waals surface area contributed by atoms with Crippen LogP contribution in [0.4, 0.5) is 5.82 Å². The number of rotatable bonds is 5. The number of fused-ring (bicyclic) bond motifs is 1. The summed E-state index contributed by atoms with van der Waals surface area (Å²) in [6, 6.07) is 12.0. The van der Waals surface area contributed by atoms with Gasteiger partial charge in [0.1, 0.15) is 23.0 Å². The van der Waals surface area contributed by atoms with Gasteiger partial charge in [0.05, 0.1) is 5.56 Å². The molecule has 2 atom stereocenters. The van der Waals surface area contributed by atoms with Crippen LogP contribution < -0.4 is 11.1 Å². The van der Waals surface area contributed by atoms with E-state index in [1.165, 1.54) is 0 Å². The van der Waals surface area contributed by atoms with Gasteiger partial charge in [0, 0.05) is 23.6 Å². The summed E-state index contributed by atoms with van der Waals surface area (Å²) in [4.78, 5) is 43.7. The molecule has 8 nitrogen and oxygen atoms in total. The van der Waals surface area contributed by atoms with E-state index in [2.05, 4.69) is 26.2 Å². The van der Waals surface area contributed by atoms with Crippen molar-refractivity contribution in [3.8, 4) is 0 Å². The van der Waals surface area contributed by atoms with Crippen molar-refractivity contribution >= 4 is 50.4 Å². The lowest BCUT2D eigenvalue weighted by Crippen LogP contribution is -2.44. The van der Waals surface area contributed by atoms with Crippen molar-refractivity contribution in [1.29, 1.82) is 0 Å². The minimum Gasteiger partial charge on any atom is -0.366 e. The molecule has 2 aromatic heterocycles. The van der Waals surface area contributed by atoms with Crippen molar-refractivity contribution in [1.82, 2.24) is 14.5 Å². The largest absolute Gasteiger partial charge is 0.366 e. The second-order valence-corrected chi connectivity index (χ2v) is 8.60. The number of hydrogen-bond acceptors (Lipinski definition) is 4. The molecule has 0 unspecified atom stereocenters. The molecule has 0 saturated carbocycles. The van der Waals surface area contributed by atoms with Crippen LogP contribution in [0.25, 0.3) is 10.9 Å². The SMILES string of the molecule is C[C@H]1C[C@@H](C(=O)Nc2cccc(Br)n2)N(C(=O)Cn2cc(C(N)=O)c3ccccc32)C1. The molecule has 1 saturated heterocycles. The topological polar surface area (TPSA) is 110 Å². The number of aromatic nitrogens is 2. The van der Waals surface area contributed by atoms with Gasteiger partial charge in [0.15, 0.2) is 0 Å². The Kier molecular flexibility index (Phi) is 5.77. The fraction of sp³-hybridized carbons (Fsp3) is 0.273. The van der Waals surface area contributed by atoms with Gasteiger partial charge in [-0.2, -0.15) is 0 Å². The highest BCUT2D eigenvalue weighted by Crippen LogP contribution is 2.26. The molecule has 3 heterocycles. The molecule has 9 heteroatoms. The Balaban J connectivity index is 1.55. The van der Waals surface area contributed by atoms with Gasteiger partial charge in [0.2, 0.25) is 11.8 Å². The number of carbonyl (C=O) groups excluding carboxylic acids is 3. The van der Waals surface area contributed by atoms with E-state index in [-0.39, 0.29) is 24.3 Å². The standard InChI is InChI=1S/C22H22BrN5O3/c1-13-9-17(22(31)26-19-8-4-7-18(23)25-19)28(10-13)20(29)12-27-11-15(21(24)30)14-5-2-3-6-16(14)27/h2-8,11,13,17H,9-10,12H2,1H3,(H2,24,30)(H,25,26,31)/t13-,17-/m0/s1. The van der Waals surface area contributed by atoms with E-state index in [1.807, 2.05) is 25.1 Å². The summed E-state index contributed by atoms with van der Waals surface area (Å²) in [5, 5.41) is 3.50. The van der Waals surface area contributed by atoms with Gasteiger partial charge in [0.25, 0.3) is 5.91 Å². The first kappa shape index (κ1) is 21.0. The van der Waals surface area contributed by atoms with E-state index < -0.39 is 11.9 Å². The minimum absolute atomic E-state index is 0.0133. The summed E-state index contributed by atoms with van der Waals surface area (Å²) >= 11 is 3.29. The predicted molar refractivity (Wildman–Crippen MR) is 120 cm³/mol. The van der Waals surface area contributed by atoms with Gasteiger partial charge < -0.3 is 20.5 Å². The first-order valence-corrected chi connectivity index (χ1v) is 10.7. The van der Waals surface area contributed by atoms with Crippen molar-refractivity contribution in [2.45, 2.75) is 25.9 Å². The summed E-state index contributed by atoms with van der Waals surface area (Å²) in [6.07, 6.45) is 2.18. The normalized spacial score (nSPS) is 18.3. The van der Waals surface area contributed by atoms with Crippen LogP contribution in [0.3, 0.4) is 0 Å². The smallest absolute Gasteiger partial charge is 0.250 e. The van der Waals surface area contributed by atoms with Gasteiger partial charge in [-0.05, 0) is 46.5 Å². The molecule has 3 amide bonds. The second-order valence-electron chi connectivity index (χ2n) is 7.79. The molecule has 0 bridgehead atoms. The van der Waals surface area contributed by atoms with E-state index in [0.29, 0.717) is 34.3 Å². The van der Waals surface area contributed by atoms with Crippen molar-refractivity contribution < 1.29 is 14.4 Å². The highest BCUT2D eigenvalue weighted by molar-refractivity contribution is 9.10. The Labute approximate surface area is 187 Å². The Hall–Kier alpha value is -3.20. The number of halogens is 1. The quantitative estimate of drug-likeness (QED) is 0.543. The minimum atomic E-state index is -0.583. The van der Waals surface area contributed by atoms with Crippen LogP contribution in [0.15, 0.2) is 53.3 Å². The molecule has 1 aliphatic heterocycles. The number of pyridine rings is 1. The molecule has 3 aromatic rings. The molecule has 1 aromatic carbocycles. The van der Waals surface area contributed by atoms with Crippen LogP contribution in [0.2, 0.25) is 0 Å². The zero-order valence-electron chi connectivity index (χ0n) is 16.9. The fourth-order valence-corrected chi connectivity index (χ4v) is 4.41. The summed E-state index contributed by atoms with van der Waals surface area (Å²) in [6.45, 7) is 2.52. The first-order chi connectivity index (χ1) is 14.8. The number of primary amides is 1. The van der Waals surface area contributed by atoms with Crippen molar-refractivity contribution in [2.24, 2.45) is 11.7 Å². The number of nitrogens with two attached hydrogens (primary N) is 1. The van der Waals surface area contributed by atoms with E-state index in [1.54, 1.807) is 39.9 Å². The zero-order valence-corrected chi connectivity index (χ0v) is 18.5. The van der Waals surface area contributed by atoms with Gasteiger partial charge in [-0.25, -0.2) is 4.98 Å². The molecule has 0 radical (unpaired) electrons. The van der Waals surface area contributed by atoms with Crippen molar-refractivity contribution in [2.75, 3.05) is 11.9 Å². The van der Waals surface area contributed by atoms with E-state index in [0.717, 1.165) is 5.52 Å². The summed E-state index contributed by atoms with van der Waals surface area (Å²) in [7, 11) is 0. The number of para-hydroxylation sites is 1. The van der Waals surface area contributed by atoms with E-state index in [4.69, 9.17) is 5.73 Å². The zero-order chi connectivity index (χ0) is 22.1. The average molecular weight is 484 g/mol. The Morgan fingerprint density at radius 2 is 1.97 bits per heavy atom.